The van der Waals surface area contributed by atoms with Gasteiger partial charge in [-0.3, -0.25) is 4.79 Å². The Hall–Kier alpha value is -2.59. The molecule has 1 aliphatic rings. The van der Waals surface area contributed by atoms with Crippen LogP contribution in [0.15, 0.2) is 53.5 Å². The molecule has 1 aliphatic heterocycles. The lowest BCUT2D eigenvalue weighted by atomic mass is 9.95. The Morgan fingerprint density at radius 1 is 1.04 bits per heavy atom. The van der Waals surface area contributed by atoms with Crippen molar-refractivity contribution >= 4 is 10.8 Å². The van der Waals surface area contributed by atoms with Crippen LogP contribution in [0.3, 0.4) is 0 Å². The summed E-state index contributed by atoms with van der Waals surface area (Å²) in [7, 11) is 0. The van der Waals surface area contributed by atoms with E-state index in [4.69, 9.17) is 0 Å². The number of aromatic hydroxyl groups is 1. The molecule has 0 aliphatic carbocycles. The summed E-state index contributed by atoms with van der Waals surface area (Å²) in [6.45, 7) is 1.11. The number of aromatic amines is 1. The topological polar surface area (TPSA) is 65.1 Å². The zero-order valence-electron chi connectivity index (χ0n) is 14.8. The lowest BCUT2D eigenvalue weighted by Gasteiger charge is -2.23. The molecule has 4 rings (SSSR count). The summed E-state index contributed by atoms with van der Waals surface area (Å²) in [5.74, 6) is 0.274. The quantitative estimate of drug-likeness (QED) is 0.668. The second-order valence-corrected chi connectivity index (χ2v) is 7.18. The highest BCUT2D eigenvalue weighted by Gasteiger charge is 2.13. The smallest absolute Gasteiger partial charge is 0.255 e. The molecule has 0 radical (unpaired) electrons. The third-order valence-electron chi connectivity index (χ3n) is 5.28. The first-order valence-electron chi connectivity index (χ1n) is 9.37. The van der Waals surface area contributed by atoms with E-state index in [2.05, 4.69) is 16.4 Å². The lowest BCUT2D eigenvalue weighted by molar-refractivity contribution is 0.382. The summed E-state index contributed by atoms with van der Waals surface area (Å²) in [6.07, 6.45) is 7.49. The van der Waals surface area contributed by atoms with E-state index in [1.54, 1.807) is 12.3 Å². The Kier molecular flexibility index (Phi) is 4.76. The molecule has 1 unspecified atom stereocenters. The maximum absolute atomic E-state index is 12.1. The number of hydrogen-bond donors (Lipinski definition) is 3. The molecular weight excluding hydrogens is 324 g/mol. The second-order valence-electron chi connectivity index (χ2n) is 7.18. The Labute approximate surface area is 152 Å². The Morgan fingerprint density at radius 3 is 2.81 bits per heavy atom. The SMILES string of the molecule is O=c1[nH]ccc2ccc(-c3cc(O)cc(CCC4CCCCN4)c3)cc12. The molecule has 26 heavy (non-hydrogen) atoms. The van der Waals surface area contributed by atoms with Crippen molar-refractivity contribution in [3.8, 4) is 16.9 Å². The fourth-order valence-corrected chi connectivity index (χ4v) is 3.86. The summed E-state index contributed by atoms with van der Waals surface area (Å²) in [5.41, 5.74) is 2.94. The van der Waals surface area contributed by atoms with Crippen molar-refractivity contribution < 1.29 is 5.11 Å². The second kappa shape index (κ2) is 7.34. The van der Waals surface area contributed by atoms with Gasteiger partial charge in [0.05, 0.1) is 0 Å². The Bertz CT molecular complexity index is 971. The molecule has 1 aromatic heterocycles. The summed E-state index contributed by atoms with van der Waals surface area (Å²) >= 11 is 0. The molecule has 134 valence electrons. The van der Waals surface area contributed by atoms with Crippen LogP contribution in [0.1, 0.15) is 31.2 Å². The van der Waals surface area contributed by atoms with Crippen LogP contribution < -0.4 is 10.9 Å². The predicted molar refractivity (Wildman–Crippen MR) is 106 cm³/mol. The van der Waals surface area contributed by atoms with E-state index in [9.17, 15) is 9.90 Å². The predicted octanol–water partition coefficient (Wildman–Crippen LogP) is 3.98. The first-order chi connectivity index (χ1) is 12.7. The number of aromatic nitrogens is 1. The number of rotatable bonds is 4. The maximum Gasteiger partial charge on any atom is 0.255 e. The number of benzene rings is 2. The number of piperidine rings is 1. The number of aryl methyl sites for hydroxylation is 1. The van der Waals surface area contributed by atoms with Gasteiger partial charge in [-0.25, -0.2) is 0 Å². The van der Waals surface area contributed by atoms with Crippen molar-refractivity contribution in [2.24, 2.45) is 0 Å². The van der Waals surface area contributed by atoms with E-state index in [0.29, 0.717) is 11.4 Å². The van der Waals surface area contributed by atoms with E-state index in [0.717, 1.165) is 41.5 Å². The molecule has 4 heteroatoms. The molecule has 4 nitrogen and oxygen atoms in total. The zero-order valence-corrected chi connectivity index (χ0v) is 14.8. The number of fused-ring (bicyclic) bond motifs is 1. The molecule has 1 saturated heterocycles. The van der Waals surface area contributed by atoms with Crippen molar-refractivity contribution in [2.45, 2.75) is 38.1 Å². The normalized spacial score (nSPS) is 17.5. The van der Waals surface area contributed by atoms with Gasteiger partial charge in [0.2, 0.25) is 0 Å². The first kappa shape index (κ1) is 16.9. The summed E-state index contributed by atoms with van der Waals surface area (Å²) in [4.78, 5) is 14.8. The minimum atomic E-state index is -0.0897. The highest BCUT2D eigenvalue weighted by Crippen LogP contribution is 2.28. The third kappa shape index (κ3) is 3.65. The largest absolute Gasteiger partial charge is 0.508 e. The molecule has 3 aromatic rings. The van der Waals surface area contributed by atoms with Gasteiger partial charge in [-0.1, -0.05) is 24.6 Å². The number of phenolic OH excluding ortho intramolecular Hbond substituents is 1. The third-order valence-corrected chi connectivity index (χ3v) is 5.28. The number of phenols is 1. The van der Waals surface area contributed by atoms with Gasteiger partial charge in [0, 0.05) is 17.6 Å². The highest BCUT2D eigenvalue weighted by atomic mass is 16.3. The van der Waals surface area contributed by atoms with Gasteiger partial charge in [-0.05, 0) is 78.6 Å². The first-order valence-corrected chi connectivity index (χ1v) is 9.37. The van der Waals surface area contributed by atoms with Gasteiger partial charge < -0.3 is 15.4 Å². The van der Waals surface area contributed by atoms with E-state index < -0.39 is 0 Å². The molecule has 1 atom stereocenters. The minimum Gasteiger partial charge on any atom is -0.508 e. The average Bonchev–Trinajstić information content (AvgIpc) is 2.67. The number of nitrogens with one attached hydrogen (secondary N) is 2. The molecule has 2 heterocycles. The highest BCUT2D eigenvalue weighted by molar-refractivity contribution is 5.86. The Balaban J connectivity index is 1.61. The van der Waals surface area contributed by atoms with Crippen molar-refractivity contribution in [3.63, 3.8) is 0 Å². The molecule has 1 fully saturated rings. The van der Waals surface area contributed by atoms with Gasteiger partial charge in [0.15, 0.2) is 0 Å². The Morgan fingerprint density at radius 2 is 1.96 bits per heavy atom. The van der Waals surface area contributed by atoms with Crippen LogP contribution in [-0.4, -0.2) is 22.7 Å². The molecule has 0 bridgehead atoms. The van der Waals surface area contributed by atoms with Gasteiger partial charge in [-0.15, -0.1) is 0 Å². The standard InChI is InChI=1S/C22H24N2O2/c25-20-12-15(4-7-19-3-1-2-9-23-19)11-18(13-20)17-6-5-16-8-10-24-22(26)21(16)14-17/h5-6,8,10-14,19,23,25H,1-4,7,9H2,(H,24,26). The fraction of sp³-hybridized carbons (Fsp3) is 0.318. The molecule has 3 N–H and O–H groups in total. The zero-order chi connectivity index (χ0) is 17.9. The molecule has 0 saturated carbocycles. The monoisotopic (exact) mass is 348 g/mol. The van der Waals surface area contributed by atoms with E-state index >= 15 is 0 Å². The fourth-order valence-electron chi connectivity index (χ4n) is 3.86. The van der Waals surface area contributed by atoms with Crippen LogP contribution >= 0.6 is 0 Å². The summed E-state index contributed by atoms with van der Waals surface area (Å²) < 4.78 is 0. The van der Waals surface area contributed by atoms with Crippen molar-refractivity contribution in [2.75, 3.05) is 6.54 Å². The van der Waals surface area contributed by atoms with Crippen LogP contribution in [0.25, 0.3) is 21.9 Å². The van der Waals surface area contributed by atoms with Crippen LogP contribution in [0.2, 0.25) is 0 Å². The van der Waals surface area contributed by atoms with Gasteiger partial charge in [0.1, 0.15) is 5.75 Å². The van der Waals surface area contributed by atoms with Crippen LogP contribution in [-0.2, 0) is 6.42 Å². The maximum atomic E-state index is 12.1. The number of pyridine rings is 1. The van der Waals surface area contributed by atoms with E-state index in [1.807, 2.05) is 30.3 Å². The van der Waals surface area contributed by atoms with Gasteiger partial charge in [-0.2, -0.15) is 0 Å². The molecule has 2 aromatic carbocycles. The number of H-pyrrole nitrogens is 1. The van der Waals surface area contributed by atoms with Crippen molar-refractivity contribution in [3.05, 3.63) is 64.6 Å². The minimum absolute atomic E-state index is 0.0897. The van der Waals surface area contributed by atoms with Crippen molar-refractivity contribution in [1.82, 2.24) is 10.3 Å². The lowest BCUT2D eigenvalue weighted by Crippen LogP contribution is -2.34. The van der Waals surface area contributed by atoms with Gasteiger partial charge >= 0.3 is 0 Å². The van der Waals surface area contributed by atoms with Crippen LogP contribution in [0, 0.1) is 0 Å². The van der Waals surface area contributed by atoms with Gasteiger partial charge in [0.25, 0.3) is 5.56 Å². The van der Waals surface area contributed by atoms with Crippen LogP contribution in [0.4, 0.5) is 0 Å². The number of hydrogen-bond acceptors (Lipinski definition) is 3. The van der Waals surface area contributed by atoms with Crippen molar-refractivity contribution in [1.29, 1.82) is 0 Å². The summed E-state index contributed by atoms with van der Waals surface area (Å²) in [6, 6.07) is 14.1. The van der Waals surface area contributed by atoms with Crippen LogP contribution in [0.5, 0.6) is 5.75 Å². The van der Waals surface area contributed by atoms with E-state index in [-0.39, 0.29) is 11.3 Å². The summed E-state index contributed by atoms with van der Waals surface area (Å²) in [5, 5.41) is 15.3. The van der Waals surface area contributed by atoms with E-state index in [1.165, 1.54) is 19.3 Å². The average molecular weight is 348 g/mol. The molecule has 0 amide bonds. The molecule has 0 spiro atoms. The molecular formula is C22H24N2O2.